The molecule has 0 radical (unpaired) electrons. The molecule has 0 unspecified atom stereocenters. The minimum absolute atomic E-state index is 0.102. The van der Waals surface area contributed by atoms with E-state index in [0.717, 1.165) is 0 Å². The molecule has 1 aromatic rings. The van der Waals surface area contributed by atoms with Crippen LogP contribution in [0.25, 0.3) is 0 Å². The maximum atomic E-state index is 12.1. The van der Waals surface area contributed by atoms with Crippen LogP contribution in [0.5, 0.6) is 5.75 Å². The first kappa shape index (κ1) is 18.7. The van der Waals surface area contributed by atoms with Crippen molar-refractivity contribution in [1.82, 2.24) is 5.32 Å². The summed E-state index contributed by atoms with van der Waals surface area (Å²) in [7, 11) is 0. The molecule has 0 saturated heterocycles. The van der Waals surface area contributed by atoms with E-state index in [1.54, 1.807) is 31.2 Å². The Kier molecular flexibility index (Phi) is 6.75. The summed E-state index contributed by atoms with van der Waals surface area (Å²) in [5.41, 5.74) is 0.484. The molecule has 1 aromatic carbocycles. The zero-order valence-electron chi connectivity index (χ0n) is 13.8. The molecule has 0 fully saturated rings. The Balaban J connectivity index is 2.75. The van der Waals surface area contributed by atoms with Gasteiger partial charge in [-0.25, -0.2) is 4.79 Å². The number of aliphatic carboxylic acids is 1. The summed E-state index contributed by atoms with van der Waals surface area (Å²) in [5.74, 6) is -1.49. The van der Waals surface area contributed by atoms with Gasteiger partial charge in [0.15, 0.2) is 11.9 Å². The third-order valence-electron chi connectivity index (χ3n) is 3.70. The molecule has 0 bridgehead atoms. The van der Waals surface area contributed by atoms with Crippen molar-refractivity contribution in [3.8, 4) is 5.75 Å². The van der Waals surface area contributed by atoms with Crippen LogP contribution in [0.2, 0.25) is 0 Å². The number of rotatable bonds is 8. The number of carbonyl (C=O) groups excluding carboxylic acids is 2. The van der Waals surface area contributed by atoms with Crippen LogP contribution >= 0.6 is 0 Å². The maximum Gasteiger partial charge on any atom is 0.326 e. The topological polar surface area (TPSA) is 92.7 Å². The van der Waals surface area contributed by atoms with Crippen LogP contribution in [0.1, 0.15) is 44.5 Å². The summed E-state index contributed by atoms with van der Waals surface area (Å²) in [6, 6.07) is 5.55. The van der Waals surface area contributed by atoms with Gasteiger partial charge in [0.25, 0.3) is 5.91 Å². The molecule has 6 nitrogen and oxygen atoms in total. The van der Waals surface area contributed by atoms with Crippen molar-refractivity contribution in [3.05, 3.63) is 29.8 Å². The van der Waals surface area contributed by atoms with E-state index in [4.69, 9.17) is 4.74 Å². The fourth-order valence-corrected chi connectivity index (χ4v) is 2.00. The first-order valence-corrected chi connectivity index (χ1v) is 7.57. The van der Waals surface area contributed by atoms with Crippen molar-refractivity contribution in [3.63, 3.8) is 0 Å². The highest BCUT2D eigenvalue weighted by molar-refractivity contribution is 5.94. The minimum Gasteiger partial charge on any atom is -0.481 e. The van der Waals surface area contributed by atoms with Gasteiger partial charge in [0.2, 0.25) is 0 Å². The van der Waals surface area contributed by atoms with Crippen LogP contribution in [0.3, 0.4) is 0 Å². The minimum atomic E-state index is -1.07. The Labute approximate surface area is 135 Å². The number of ether oxygens (including phenoxy) is 1. The van der Waals surface area contributed by atoms with E-state index >= 15 is 0 Å². The van der Waals surface area contributed by atoms with Gasteiger partial charge in [0.05, 0.1) is 0 Å². The third-order valence-corrected chi connectivity index (χ3v) is 3.70. The average molecular weight is 321 g/mol. The molecular formula is C17H23NO5. The molecule has 6 heteroatoms. The number of nitrogens with one attached hydrogen (secondary N) is 1. The normalized spacial score (nSPS) is 14.4. The van der Waals surface area contributed by atoms with Gasteiger partial charge in [-0.05, 0) is 31.9 Å². The Morgan fingerprint density at radius 2 is 1.91 bits per heavy atom. The molecule has 0 aliphatic rings. The first-order chi connectivity index (χ1) is 10.8. The molecule has 23 heavy (non-hydrogen) atoms. The molecule has 0 spiro atoms. The molecular weight excluding hydrogens is 298 g/mol. The quantitative estimate of drug-likeness (QED) is 0.717. The zero-order chi connectivity index (χ0) is 17.6. The van der Waals surface area contributed by atoms with Gasteiger partial charge in [-0.3, -0.25) is 9.59 Å². The van der Waals surface area contributed by atoms with Crippen LogP contribution < -0.4 is 10.1 Å². The predicted molar refractivity (Wildman–Crippen MR) is 85.6 cm³/mol. The number of carbonyl (C=O) groups is 3. The van der Waals surface area contributed by atoms with Gasteiger partial charge in [0.1, 0.15) is 11.8 Å². The van der Waals surface area contributed by atoms with Gasteiger partial charge in [0, 0.05) is 5.56 Å². The monoisotopic (exact) mass is 321 g/mol. The van der Waals surface area contributed by atoms with Crippen molar-refractivity contribution in [2.45, 2.75) is 46.3 Å². The molecule has 0 aromatic heterocycles. The molecule has 0 aliphatic carbocycles. The molecule has 0 saturated carbocycles. The highest BCUT2D eigenvalue weighted by Gasteiger charge is 2.27. The van der Waals surface area contributed by atoms with E-state index in [0.29, 0.717) is 17.7 Å². The van der Waals surface area contributed by atoms with Crippen molar-refractivity contribution in [1.29, 1.82) is 0 Å². The second kappa shape index (κ2) is 8.31. The lowest BCUT2D eigenvalue weighted by Gasteiger charge is -2.22. The van der Waals surface area contributed by atoms with Crippen LogP contribution in [-0.4, -0.2) is 34.9 Å². The lowest BCUT2D eigenvalue weighted by atomic mass is 9.99. The third kappa shape index (κ3) is 5.39. The molecule has 1 rings (SSSR count). The molecule has 2 N–H and O–H groups in total. The Morgan fingerprint density at radius 3 is 2.43 bits per heavy atom. The molecule has 0 heterocycles. The second-order valence-corrected chi connectivity index (χ2v) is 5.55. The van der Waals surface area contributed by atoms with Crippen LogP contribution in [0.15, 0.2) is 24.3 Å². The van der Waals surface area contributed by atoms with Gasteiger partial charge in [-0.2, -0.15) is 0 Å². The maximum absolute atomic E-state index is 12.1. The van der Waals surface area contributed by atoms with E-state index in [1.807, 2.05) is 6.92 Å². The van der Waals surface area contributed by atoms with Crippen LogP contribution in [-0.2, 0) is 9.59 Å². The molecule has 3 atom stereocenters. The predicted octanol–water partition coefficient (Wildman–Crippen LogP) is 2.27. The van der Waals surface area contributed by atoms with Gasteiger partial charge in [-0.1, -0.05) is 32.4 Å². The summed E-state index contributed by atoms with van der Waals surface area (Å²) in [5, 5.41) is 11.7. The summed E-state index contributed by atoms with van der Waals surface area (Å²) in [6.45, 7) is 6.60. The van der Waals surface area contributed by atoms with E-state index < -0.39 is 24.0 Å². The standard InChI is InChI=1S/C17H23NO5/c1-5-10(2)15(17(21)22)18-16(20)12(4)23-14-8-6-7-13(9-14)11(3)19/h6-10,12,15H,5H2,1-4H3,(H,18,20)(H,21,22)/t10-,12+,15-/m0/s1. The van der Waals surface area contributed by atoms with E-state index in [-0.39, 0.29) is 11.7 Å². The van der Waals surface area contributed by atoms with Crippen LogP contribution in [0.4, 0.5) is 0 Å². The summed E-state index contributed by atoms with van der Waals surface area (Å²) in [6.07, 6.45) is -0.240. The van der Waals surface area contributed by atoms with E-state index in [1.165, 1.54) is 13.8 Å². The summed E-state index contributed by atoms with van der Waals surface area (Å²) in [4.78, 5) is 34.7. The number of Topliss-reactive ketones (excluding diaryl/α,β-unsaturated/α-hetero) is 1. The summed E-state index contributed by atoms with van der Waals surface area (Å²) < 4.78 is 5.50. The van der Waals surface area contributed by atoms with E-state index in [2.05, 4.69) is 5.32 Å². The average Bonchev–Trinajstić information content (AvgIpc) is 2.51. The second-order valence-electron chi connectivity index (χ2n) is 5.55. The fraction of sp³-hybridized carbons (Fsp3) is 0.471. The van der Waals surface area contributed by atoms with Gasteiger partial charge in [-0.15, -0.1) is 0 Å². The van der Waals surface area contributed by atoms with Crippen molar-refractivity contribution < 1.29 is 24.2 Å². The number of hydrogen-bond acceptors (Lipinski definition) is 4. The number of ketones is 1. The molecule has 126 valence electrons. The largest absolute Gasteiger partial charge is 0.481 e. The van der Waals surface area contributed by atoms with Gasteiger partial charge >= 0.3 is 5.97 Å². The Bertz CT molecular complexity index is 584. The fourth-order valence-electron chi connectivity index (χ4n) is 2.00. The Hall–Kier alpha value is -2.37. The summed E-state index contributed by atoms with van der Waals surface area (Å²) >= 11 is 0. The van der Waals surface area contributed by atoms with Crippen molar-refractivity contribution in [2.75, 3.05) is 0 Å². The number of hydrogen-bond donors (Lipinski definition) is 2. The number of benzene rings is 1. The number of amides is 1. The Morgan fingerprint density at radius 1 is 1.26 bits per heavy atom. The molecule has 0 aliphatic heterocycles. The van der Waals surface area contributed by atoms with Gasteiger partial charge < -0.3 is 15.2 Å². The van der Waals surface area contributed by atoms with Crippen molar-refractivity contribution in [2.24, 2.45) is 5.92 Å². The van der Waals surface area contributed by atoms with E-state index in [9.17, 15) is 19.5 Å². The SMILES string of the molecule is CC[C@H](C)[C@H](NC(=O)[C@@H](C)Oc1cccc(C(C)=O)c1)C(=O)O. The number of carboxylic acids is 1. The molecule has 1 amide bonds. The lowest BCUT2D eigenvalue weighted by Crippen LogP contribution is -2.49. The zero-order valence-corrected chi connectivity index (χ0v) is 13.8. The first-order valence-electron chi connectivity index (χ1n) is 7.57. The smallest absolute Gasteiger partial charge is 0.326 e. The van der Waals surface area contributed by atoms with Crippen LogP contribution in [0, 0.1) is 5.92 Å². The van der Waals surface area contributed by atoms with Crippen molar-refractivity contribution >= 4 is 17.7 Å². The lowest BCUT2D eigenvalue weighted by molar-refractivity contribution is -0.144. The highest BCUT2D eigenvalue weighted by atomic mass is 16.5. The highest BCUT2D eigenvalue weighted by Crippen LogP contribution is 2.16. The number of carboxylic acid groups (broad SMARTS) is 1.